The largest absolute Gasteiger partial charge is 0.374 e. The molecule has 3 nitrogen and oxygen atoms in total. The van der Waals surface area contributed by atoms with E-state index in [9.17, 15) is 0 Å². The van der Waals surface area contributed by atoms with E-state index in [0.29, 0.717) is 13.2 Å². The number of hydrogen-bond donors (Lipinski definition) is 1. The molecule has 0 atom stereocenters. The van der Waals surface area contributed by atoms with E-state index < -0.39 is 0 Å². The van der Waals surface area contributed by atoms with Crippen LogP contribution < -0.4 is 5.73 Å². The fourth-order valence-corrected chi connectivity index (χ4v) is 2.41. The second-order valence-corrected chi connectivity index (χ2v) is 5.03. The van der Waals surface area contributed by atoms with Gasteiger partial charge in [-0.25, -0.2) is 4.98 Å². The van der Waals surface area contributed by atoms with Crippen LogP contribution in [0.5, 0.6) is 0 Å². The van der Waals surface area contributed by atoms with E-state index in [4.69, 9.17) is 10.5 Å². The fourth-order valence-electron chi connectivity index (χ4n) is 1.67. The second kappa shape index (κ2) is 6.64. The molecule has 0 aliphatic carbocycles. The molecule has 0 bridgehead atoms. The van der Waals surface area contributed by atoms with Gasteiger partial charge in [-0.05, 0) is 18.1 Å². The quantitative estimate of drug-likeness (QED) is 0.813. The highest BCUT2D eigenvalue weighted by atomic mass is 32.1. The van der Waals surface area contributed by atoms with Gasteiger partial charge in [-0.1, -0.05) is 25.1 Å². The maximum Gasteiger partial charge on any atom is 0.119 e. The van der Waals surface area contributed by atoms with Crippen molar-refractivity contribution in [3.63, 3.8) is 0 Å². The first-order chi connectivity index (χ1) is 8.83. The lowest BCUT2D eigenvalue weighted by molar-refractivity contribution is 0.121. The average Bonchev–Trinajstić information content (AvgIpc) is 2.88. The molecule has 0 fully saturated rings. The lowest BCUT2D eigenvalue weighted by Gasteiger charge is -2.00. The van der Waals surface area contributed by atoms with Gasteiger partial charge in [0.25, 0.3) is 0 Å². The van der Waals surface area contributed by atoms with Gasteiger partial charge in [0.2, 0.25) is 0 Å². The van der Waals surface area contributed by atoms with Gasteiger partial charge in [0.1, 0.15) is 5.01 Å². The van der Waals surface area contributed by atoms with Gasteiger partial charge in [0, 0.05) is 24.1 Å². The third-order valence-corrected chi connectivity index (χ3v) is 3.41. The number of rotatable bonds is 6. The van der Waals surface area contributed by atoms with Gasteiger partial charge in [0.05, 0.1) is 12.3 Å². The van der Waals surface area contributed by atoms with Crippen molar-refractivity contribution < 1.29 is 4.74 Å². The third kappa shape index (κ3) is 3.38. The Kier molecular flexibility index (Phi) is 4.87. The second-order valence-electron chi connectivity index (χ2n) is 4.08. The van der Waals surface area contributed by atoms with E-state index in [2.05, 4.69) is 29.4 Å². The number of aromatic nitrogens is 1. The molecule has 1 aromatic heterocycles. The molecule has 0 aliphatic heterocycles. The molecule has 0 unspecified atom stereocenters. The number of ether oxygens (including phenoxy) is 1. The predicted octanol–water partition coefficient (Wildman–Crippen LogP) is 3.20. The number of nitrogens with two attached hydrogens (primary N) is 1. The summed E-state index contributed by atoms with van der Waals surface area (Å²) in [5.74, 6) is 0. The molecule has 0 aliphatic rings. The monoisotopic (exact) mass is 262 g/mol. The van der Waals surface area contributed by atoms with Crippen LogP contribution in [0.2, 0.25) is 0 Å². The van der Waals surface area contributed by atoms with E-state index in [1.807, 2.05) is 12.1 Å². The minimum Gasteiger partial charge on any atom is -0.374 e. The molecule has 0 saturated heterocycles. The van der Waals surface area contributed by atoms with E-state index in [1.165, 1.54) is 0 Å². The first-order valence-corrected chi connectivity index (χ1v) is 7.03. The molecular formula is C14H18N2OS. The van der Waals surface area contributed by atoms with Crippen LogP contribution in [-0.4, -0.2) is 11.6 Å². The minimum absolute atomic E-state index is 0.560. The lowest BCUT2D eigenvalue weighted by atomic mass is 10.1. The van der Waals surface area contributed by atoms with Gasteiger partial charge in [-0.2, -0.15) is 0 Å². The molecule has 2 N–H and O–H groups in total. The number of thiazole rings is 1. The Morgan fingerprint density at radius 2 is 2.28 bits per heavy atom. The molecule has 4 heteroatoms. The summed E-state index contributed by atoms with van der Waals surface area (Å²) in [6.45, 7) is 4.06. The summed E-state index contributed by atoms with van der Waals surface area (Å²) in [6, 6.07) is 8.20. The van der Waals surface area contributed by atoms with Gasteiger partial charge in [-0.3, -0.25) is 0 Å². The molecule has 0 saturated carbocycles. The highest BCUT2D eigenvalue weighted by Gasteiger charge is 2.05. The molecule has 2 aromatic rings. The van der Waals surface area contributed by atoms with E-state index >= 15 is 0 Å². The van der Waals surface area contributed by atoms with Crippen LogP contribution in [0.1, 0.15) is 23.9 Å². The van der Waals surface area contributed by atoms with Crippen LogP contribution in [0.3, 0.4) is 0 Å². The predicted molar refractivity (Wildman–Crippen MR) is 75.4 cm³/mol. The summed E-state index contributed by atoms with van der Waals surface area (Å²) in [4.78, 5) is 4.58. The van der Waals surface area contributed by atoms with Gasteiger partial charge in [0.15, 0.2) is 0 Å². The third-order valence-electron chi connectivity index (χ3n) is 2.58. The molecule has 2 rings (SSSR count). The number of nitrogens with zero attached hydrogens (tertiary/aromatic N) is 1. The molecule has 0 radical (unpaired) electrons. The normalized spacial score (nSPS) is 10.8. The van der Waals surface area contributed by atoms with E-state index in [1.54, 1.807) is 11.3 Å². The summed E-state index contributed by atoms with van der Waals surface area (Å²) >= 11 is 1.64. The van der Waals surface area contributed by atoms with Crippen LogP contribution in [0, 0.1) is 0 Å². The first kappa shape index (κ1) is 13.2. The Morgan fingerprint density at radius 1 is 1.39 bits per heavy atom. The summed E-state index contributed by atoms with van der Waals surface area (Å²) in [5.41, 5.74) is 8.90. The summed E-state index contributed by atoms with van der Waals surface area (Å²) in [5, 5.41) is 3.09. The SMILES string of the molecule is CCCOCc1nc(-c2cccc(CN)c2)cs1. The Hall–Kier alpha value is -1.23. The van der Waals surface area contributed by atoms with Crippen molar-refractivity contribution in [2.45, 2.75) is 26.5 Å². The lowest BCUT2D eigenvalue weighted by Crippen LogP contribution is -1.96. The summed E-state index contributed by atoms with van der Waals surface area (Å²) in [6.07, 6.45) is 1.04. The van der Waals surface area contributed by atoms with Crippen molar-refractivity contribution >= 4 is 11.3 Å². The first-order valence-electron chi connectivity index (χ1n) is 6.15. The number of benzene rings is 1. The highest BCUT2D eigenvalue weighted by molar-refractivity contribution is 7.09. The fraction of sp³-hybridized carbons (Fsp3) is 0.357. The summed E-state index contributed by atoms with van der Waals surface area (Å²) in [7, 11) is 0. The Bertz CT molecular complexity index is 496. The van der Waals surface area contributed by atoms with Crippen molar-refractivity contribution in [1.82, 2.24) is 4.98 Å². The molecular weight excluding hydrogens is 244 g/mol. The van der Waals surface area contributed by atoms with Crippen molar-refractivity contribution in [1.29, 1.82) is 0 Å². The Balaban J connectivity index is 2.08. The van der Waals surface area contributed by atoms with Crippen LogP contribution in [0.4, 0.5) is 0 Å². The highest BCUT2D eigenvalue weighted by Crippen LogP contribution is 2.23. The van der Waals surface area contributed by atoms with Crippen LogP contribution >= 0.6 is 11.3 Å². The minimum atomic E-state index is 0.560. The molecule has 0 spiro atoms. The summed E-state index contributed by atoms with van der Waals surface area (Å²) < 4.78 is 5.49. The Labute approximate surface area is 112 Å². The zero-order valence-electron chi connectivity index (χ0n) is 10.6. The van der Waals surface area contributed by atoms with E-state index in [-0.39, 0.29) is 0 Å². The molecule has 18 heavy (non-hydrogen) atoms. The van der Waals surface area contributed by atoms with Gasteiger partial charge >= 0.3 is 0 Å². The Morgan fingerprint density at radius 3 is 3.06 bits per heavy atom. The van der Waals surface area contributed by atoms with Crippen molar-refractivity contribution in [3.05, 3.63) is 40.2 Å². The standard InChI is InChI=1S/C14H18N2OS/c1-2-6-17-9-14-16-13(10-18-14)12-5-3-4-11(7-12)8-15/h3-5,7,10H,2,6,8-9,15H2,1H3. The van der Waals surface area contributed by atoms with Crippen LogP contribution in [0.25, 0.3) is 11.3 Å². The topological polar surface area (TPSA) is 48.1 Å². The van der Waals surface area contributed by atoms with Crippen LogP contribution in [-0.2, 0) is 17.9 Å². The maximum absolute atomic E-state index is 5.65. The molecule has 1 heterocycles. The average molecular weight is 262 g/mol. The zero-order chi connectivity index (χ0) is 12.8. The van der Waals surface area contributed by atoms with Gasteiger partial charge < -0.3 is 10.5 Å². The molecule has 1 aromatic carbocycles. The molecule has 0 amide bonds. The van der Waals surface area contributed by atoms with Crippen molar-refractivity contribution in [3.8, 4) is 11.3 Å². The molecule has 96 valence electrons. The van der Waals surface area contributed by atoms with E-state index in [0.717, 1.165) is 34.9 Å². The van der Waals surface area contributed by atoms with Crippen molar-refractivity contribution in [2.24, 2.45) is 5.73 Å². The smallest absolute Gasteiger partial charge is 0.119 e. The van der Waals surface area contributed by atoms with Crippen LogP contribution in [0.15, 0.2) is 29.6 Å². The van der Waals surface area contributed by atoms with Gasteiger partial charge in [-0.15, -0.1) is 11.3 Å². The zero-order valence-corrected chi connectivity index (χ0v) is 11.4. The number of hydrogen-bond acceptors (Lipinski definition) is 4. The maximum atomic E-state index is 5.65. The van der Waals surface area contributed by atoms with Crippen molar-refractivity contribution in [2.75, 3.05) is 6.61 Å².